The average molecular weight is 270 g/mol. The predicted molar refractivity (Wildman–Crippen MR) is 76.3 cm³/mol. The van der Waals surface area contributed by atoms with Gasteiger partial charge in [-0.05, 0) is 29.5 Å². The second-order valence-electron chi connectivity index (χ2n) is 5.49. The van der Waals surface area contributed by atoms with Crippen molar-refractivity contribution in [3.8, 4) is 0 Å². The highest BCUT2D eigenvalue weighted by Gasteiger charge is 2.16. The van der Waals surface area contributed by atoms with Crippen molar-refractivity contribution in [3.63, 3.8) is 0 Å². The Morgan fingerprint density at radius 1 is 1.28 bits per heavy atom. The van der Waals surface area contributed by atoms with Crippen LogP contribution in [0.5, 0.6) is 0 Å². The summed E-state index contributed by atoms with van der Waals surface area (Å²) < 4.78 is 26.0. The van der Waals surface area contributed by atoms with Crippen LogP contribution in [0.3, 0.4) is 0 Å². The Hall–Kier alpha value is -1.07. The molecule has 102 valence electrons. The van der Waals surface area contributed by atoms with E-state index in [1.54, 1.807) is 0 Å². The van der Waals surface area contributed by atoms with Crippen LogP contribution < -0.4 is 10.5 Å². The third kappa shape index (κ3) is 3.99. The van der Waals surface area contributed by atoms with Gasteiger partial charge in [0, 0.05) is 6.54 Å². The summed E-state index contributed by atoms with van der Waals surface area (Å²) in [4.78, 5) is 0. The van der Waals surface area contributed by atoms with Crippen LogP contribution in [0.1, 0.15) is 31.9 Å². The molecule has 0 unspecified atom stereocenters. The van der Waals surface area contributed by atoms with Crippen LogP contribution in [0.4, 0.5) is 5.69 Å². The van der Waals surface area contributed by atoms with Crippen molar-refractivity contribution in [1.82, 2.24) is 0 Å². The third-order valence-electron chi connectivity index (χ3n) is 2.76. The molecule has 0 amide bonds. The molecule has 0 spiro atoms. The van der Waals surface area contributed by atoms with Crippen molar-refractivity contribution in [3.05, 3.63) is 29.3 Å². The smallest absolute Gasteiger partial charge is 0.233 e. The molecule has 3 N–H and O–H groups in total. The number of sulfonamides is 1. The summed E-state index contributed by atoms with van der Waals surface area (Å²) in [5.74, 6) is -0.0633. The Bertz CT molecular complexity index is 516. The van der Waals surface area contributed by atoms with Gasteiger partial charge in [0.1, 0.15) is 0 Å². The van der Waals surface area contributed by atoms with Gasteiger partial charge in [0.05, 0.1) is 11.4 Å². The van der Waals surface area contributed by atoms with E-state index in [2.05, 4.69) is 25.5 Å². The molecule has 0 saturated carbocycles. The van der Waals surface area contributed by atoms with Crippen molar-refractivity contribution in [2.75, 3.05) is 17.0 Å². The highest BCUT2D eigenvalue weighted by Crippen LogP contribution is 2.27. The summed E-state index contributed by atoms with van der Waals surface area (Å²) in [6.45, 7) is 8.28. The monoisotopic (exact) mass is 270 g/mol. The molecule has 1 aromatic rings. The number of aryl methyl sites for hydroxylation is 1. The number of hydrogen-bond donors (Lipinski definition) is 2. The van der Waals surface area contributed by atoms with Crippen molar-refractivity contribution in [1.29, 1.82) is 0 Å². The Labute approximate surface area is 110 Å². The molecule has 1 rings (SSSR count). The van der Waals surface area contributed by atoms with Crippen LogP contribution in [-0.2, 0) is 15.4 Å². The molecule has 18 heavy (non-hydrogen) atoms. The molecular formula is C13H22N2O2S. The third-order valence-corrected chi connectivity index (χ3v) is 4.06. The van der Waals surface area contributed by atoms with Gasteiger partial charge in [-0.25, -0.2) is 8.42 Å². The van der Waals surface area contributed by atoms with E-state index in [1.165, 1.54) is 0 Å². The maximum absolute atomic E-state index is 11.7. The lowest BCUT2D eigenvalue weighted by molar-refractivity contribution is 0.589. The molecule has 5 heteroatoms. The number of benzene rings is 1. The first-order valence-electron chi connectivity index (χ1n) is 5.97. The number of hydrogen-bond acceptors (Lipinski definition) is 3. The predicted octanol–water partition coefficient (Wildman–Crippen LogP) is 1.99. The van der Waals surface area contributed by atoms with E-state index in [1.807, 2.05) is 25.1 Å². The van der Waals surface area contributed by atoms with Crippen LogP contribution in [0.2, 0.25) is 0 Å². The van der Waals surface area contributed by atoms with Gasteiger partial charge in [-0.1, -0.05) is 32.9 Å². The number of nitrogens with one attached hydrogen (secondary N) is 1. The highest BCUT2D eigenvalue weighted by molar-refractivity contribution is 7.92. The summed E-state index contributed by atoms with van der Waals surface area (Å²) in [5.41, 5.74) is 7.91. The zero-order valence-corrected chi connectivity index (χ0v) is 12.3. The van der Waals surface area contributed by atoms with E-state index in [0.717, 1.165) is 11.1 Å². The van der Waals surface area contributed by atoms with Gasteiger partial charge < -0.3 is 5.73 Å². The first-order chi connectivity index (χ1) is 8.15. The van der Waals surface area contributed by atoms with Crippen LogP contribution in [-0.4, -0.2) is 20.7 Å². The second-order valence-corrected chi connectivity index (χ2v) is 7.33. The minimum Gasteiger partial charge on any atom is -0.329 e. The maximum Gasteiger partial charge on any atom is 0.233 e. The standard InChI is InChI=1S/C13H22N2O2S/c1-10-5-6-11(13(2,3)4)9-12(10)15-18(16,17)8-7-14/h5-6,9,15H,7-8,14H2,1-4H3. The molecule has 4 nitrogen and oxygen atoms in total. The van der Waals surface area contributed by atoms with Gasteiger partial charge in [0.15, 0.2) is 0 Å². The van der Waals surface area contributed by atoms with Gasteiger partial charge in [0.25, 0.3) is 0 Å². The Morgan fingerprint density at radius 3 is 2.39 bits per heavy atom. The molecule has 0 fully saturated rings. The number of rotatable bonds is 4. The van der Waals surface area contributed by atoms with Gasteiger partial charge >= 0.3 is 0 Å². The van der Waals surface area contributed by atoms with Crippen LogP contribution in [0.25, 0.3) is 0 Å². The van der Waals surface area contributed by atoms with E-state index in [-0.39, 0.29) is 17.7 Å². The summed E-state index contributed by atoms with van der Waals surface area (Å²) in [6, 6.07) is 5.85. The van der Waals surface area contributed by atoms with Gasteiger partial charge in [-0.3, -0.25) is 4.72 Å². The second kappa shape index (κ2) is 5.28. The topological polar surface area (TPSA) is 72.2 Å². The molecule has 0 atom stereocenters. The Kier molecular flexibility index (Phi) is 4.40. The molecule has 0 aliphatic rings. The Morgan fingerprint density at radius 2 is 1.89 bits per heavy atom. The van der Waals surface area contributed by atoms with E-state index >= 15 is 0 Å². The largest absolute Gasteiger partial charge is 0.329 e. The van der Waals surface area contributed by atoms with Gasteiger partial charge in [0.2, 0.25) is 10.0 Å². The summed E-state index contributed by atoms with van der Waals surface area (Å²) >= 11 is 0. The molecule has 0 bridgehead atoms. The SMILES string of the molecule is Cc1ccc(C(C)(C)C)cc1NS(=O)(=O)CCN. The zero-order chi connectivity index (χ0) is 14.0. The molecule has 0 aromatic heterocycles. The molecule has 0 heterocycles. The lowest BCUT2D eigenvalue weighted by Gasteiger charge is -2.21. The normalized spacial score (nSPS) is 12.5. The Balaban J connectivity index is 3.10. The van der Waals surface area contributed by atoms with Crippen LogP contribution in [0.15, 0.2) is 18.2 Å². The molecule has 1 aromatic carbocycles. The summed E-state index contributed by atoms with van der Waals surface area (Å²) in [5, 5.41) is 0. The number of nitrogens with two attached hydrogens (primary N) is 1. The van der Waals surface area contributed by atoms with Crippen molar-refractivity contribution in [2.24, 2.45) is 5.73 Å². The van der Waals surface area contributed by atoms with E-state index in [0.29, 0.717) is 5.69 Å². The molecule has 0 saturated heterocycles. The summed E-state index contributed by atoms with van der Waals surface area (Å²) in [7, 11) is -3.34. The molecule has 0 aliphatic carbocycles. The minimum atomic E-state index is -3.34. The maximum atomic E-state index is 11.7. The average Bonchev–Trinajstić information content (AvgIpc) is 2.19. The minimum absolute atomic E-state index is 0.0121. The number of anilines is 1. The van der Waals surface area contributed by atoms with E-state index < -0.39 is 10.0 Å². The molecular weight excluding hydrogens is 248 g/mol. The fraction of sp³-hybridized carbons (Fsp3) is 0.538. The lowest BCUT2D eigenvalue weighted by Crippen LogP contribution is -2.23. The van der Waals surface area contributed by atoms with Gasteiger partial charge in [-0.2, -0.15) is 0 Å². The highest BCUT2D eigenvalue weighted by atomic mass is 32.2. The lowest BCUT2D eigenvalue weighted by atomic mass is 9.86. The van der Waals surface area contributed by atoms with Crippen molar-refractivity contribution < 1.29 is 8.42 Å². The molecule has 0 aliphatic heterocycles. The first-order valence-corrected chi connectivity index (χ1v) is 7.62. The van der Waals surface area contributed by atoms with Gasteiger partial charge in [-0.15, -0.1) is 0 Å². The van der Waals surface area contributed by atoms with E-state index in [4.69, 9.17) is 5.73 Å². The van der Waals surface area contributed by atoms with E-state index in [9.17, 15) is 8.42 Å². The summed E-state index contributed by atoms with van der Waals surface area (Å²) in [6.07, 6.45) is 0. The zero-order valence-electron chi connectivity index (χ0n) is 11.4. The van der Waals surface area contributed by atoms with Crippen molar-refractivity contribution in [2.45, 2.75) is 33.1 Å². The van der Waals surface area contributed by atoms with Crippen LogP contribution in [0, 0.1) is 6.92 Å². The molecule has 0 radical (unpaired) electrons. The fourth-order valence-corrected chi connectivity index (χ4v) is 2.54. The first kappa shape index (κ1) is 15.0. The fourth-order valence-electron chi connectivity index (χ4n) is 1.57. The quantitative estimate of drug-likeness (QED) is 0.879. The van der Waals surface area contributed by atoms with Crippen LogP contribution >= 0.6 is 0 Å². The van der Waals surface area contributed by atoms with Crippen molar-refractivity contribution >= 4 is 15.7 Å².